The van der Waals surface area contributed by atoms with E-state index in [-0.39, 0.29) is 56.5 Å². The molecule has 0 aliphatic carbocycles. The van der Waals surface area contributed by atoms with Crippen molar-refractivity contribution in [2.45, 2.75) is 0 Å². The van der Waals surface area contributed by atoms with E-state index in [1.807, 2.05) is 0 Å². The normalized spacial score (nSPS) is 8.45. The molecule has 52 valence electrons. The SMILES string of the molecule is O=C([S-])c1ccc(Cl)cc1.[K+]. The third-order valence-electron chi connectivity index (χ3n) is 1.08. The molecule has 0 heterocycles. The minimum absolute atomic E-state index is 0. The van der Waals surface area contributed by atoms with E-state index < -0.39 is 0 Å². The zero-order valence-corrected chi connectivity index (χ0v) is 10.7. The average Bonchev–Trinajstić information content (AvgIpc) is 1.88. The van der Waals surface area contributed by atoms with Gasteiger partial charge in [0, 0.05) is 10.1 Å². The number of carbonyl (C=O) groups excluding carboxylic acids is 1. The Morgan fingerprint density at radius 1 is 1.27 bits per heavy atom. The van der Waals surface area contributed by atoms with Gasteiger partial charge in [0.15, 0.2) is 0 Å². The van der Waals surface area contributed by atoms with Crippen LogP contribution >= 0.6 is 11.6 Å². The zero-order valence-electron chi connectivity index (χ0n) is 6.00. The van der Waals surface area contributed by atoms with Gasteiger partial charge < -0.3 is 17.4 Å². The van der Waals surface area contributed by atoms with Crippen molar-refractivity contribution in [2.24, 2.45) is 0 Å². The van der Waals surface area contributed by atoms with Gasteiger partial charge in [-0.15, -0.1) is 0 Å². The first-order valence-electron chi connectivity index (χ1n) is 2.67. The second-order valence-electron chi connectivity index (χ2n) is 1.79. The molecule has 0 fully saturated rings. The summed E-state index contributed by atoms with van der Waals surface area (Å²) >= 11 is 9.98. The van der Waals surface area contributed by atoms with Crippen LogP contribution in [0.5, 0.6) is 0 Å². The van der Waals surface area contributed by atoms with Crippen LogP contribution in [-0.2, 0) is 12.6 Å². The molecule has 0 aliphatic heterocycles. The molecule has 1 nitrogen and oxygen atoms in total. The second-order valence-corrected chi connectivity index (χ2v) is 2.60. The van der Waals surface area contributed by atoms with Gasteiger partial charge in [0.05, 0.1) is 0 Å². The molecule has 0 N–H and O–H groups in total. The van der Waals surface area contributed by atoms with Crippen LogP contribution in [0.4, 0.5) is 0 Å². The van der Waals surface area contributed by atoms with E-state index in [1.165, 1.54) is 0 Å². The van der Waals surface area contributed by atoms with E-state index in [0.717, 1.165) is 0 Å². The molecule has 1 aromatic carbocycles. The van der Waals surface area contributed by atoms with Crippen molar-refractivity contribution in [3.8, 4) is 0 Å². The first-order chi connectivity index (χ1) is 4.70. The van der Waals surface area contributed by atoms with Crippen LogP contribution in [-0.4, -0.2) is 5.12 Å². The summed E-state index contributed by atoms with van der Waals surface area (Å²) in [5.74, 6) is 0. The summed E-state index contributed by atoms with van der Waals surface area (Å²) in [5.41, 5.74) is 0.513. The number of carbonyl (C=O) groups is 1. The van der Waals surface area contributed by atoms with E-state index in [1.54, 1.807) is 24.3 Å². The van der Waals surface area contributed by atoms with Crippen molar-refractivity contribution in [1.82, 2.24) is 0 Å². The Balaban J connectivity index is 0.000001000. The molecule has 0 atom stereocenters. The summed E-state index contributed by atoms with van der Waals surface area (Å²) < 4.78 is 0. The second kappa shape index (κ2) is 5.64. The van der Waals surface area contributed by atoms with Gasteiger partial charge in [-0.3, -0.25) is 0 Å². The van der Waals surface area contributed by atoms with Gasteiger partial charge in [0.2, 0.25) is 0 Å². The first-order valence-corrected chi connectivity index (χ1v) is 3.45. The quantitative estimate of drug-likeness (QED) is 0.439. The molecule has 4 heteroatoms. The molecule has 0 amide bonds. The molecule has 0 aliphatic rings. The van der Waals surface area contributed by atoms with Gasteiger partial charge >= 0.3 is 51.4 Å². The molecule has 0 aromatic heterocycles. The number of rotatable bonds is 1. The predicted octanol–water partition coefficient (Wildman–Crippen LogP) is -0.969. The summed E-state index contributed by atoms with van der Waals surface area (Å²) in [6.45, 7) is 0. The molecular weight excluding hydrogens is 207 g/mol. The third-order valence-corrected chi connectivity index (χ3v) is 1.57. The Hall–Kier alpha value is 1.04. The summed E-state index contributed by atoms with van der Waals surface area (Å²) in [6, 6.07) is 6.50. The van der Waals surface area contributed by atoms with Crippen LogP contribution in [0, 0.1) is 0 Å². The maximum Gasteiger partial charge on any atom is 1.00 e. The van der Waals surface area contributed by atoms with Crippen LogP contribution in [0.3, 0.4) is 0 Å². The van der Waals surface area contributed by atoms with Gasteiger partial charge in [0.25, 0.3) is 0 Å². The standard InChI is InChI=1S/C7H5ClOS.K/c8-6-3-1-5(2-4-6)7(9)10;/h1-4H,(H,9,10);/q;+1/p-1. The fourth-order valence-electron chi connectivity index (χ4n) is 0.586. The van der Waals surface area contributed by atoms with Crippen LogP contribution in [0.1, 0.15) is 10.4 Å². The Morgan fingerprint density at radius 2 is 1.73 bits per heavy atom. The number of hydrogen-bond acceptors (Lipinski definition) is 2. The largest absolute Gasteiger partial charge is 1.00 e. The van der Waals surface area contributed by atoms with Crippen molar-refractivity contribution in [2.75, 3.05) is 0 Å². The Labute approximate surface area is 118 Å². The minimum Gasteiger partial charge on any atom is -0.737 e. The Bertz CT molecular complexity index is 247. The third kappa shape index (κ3) is 3.99. The molecular formula is C7H4ClKOS. The zero-order chi connectivity index (χ0) is 7.56. The molecule has 0 unspecified atom stereocenters. The molecule has 0 radical (unpaired) electrons. The molecule has 0 saturated heterocycles. The van der Waals surface area contributed by atoms with Gasteiger partial charge in [-0.25, -0.2) is 0 Å². The molecule has 11 heavy (non-hydrogen) atoms. The number of benzene rings is 1. The summed E-state index contributed by atoms with van der Waals surface area (Å²) in [4.78, 5) is 10.5. The van der Waals surface area contributed by atoms with E-state index in [4.69, 9.17) is 11.6 Å². The Kier molecular flexibility index (Phi) is 6.17. The van der Waals surface area contributed by atoms with Gasteiger partial charge in [-0.05, 0) is 17.7 Å². The van der Waals surface area contributed by atoms with E-state index in [9.17, 15) is 4.79 Å². The first kappa shape index (κ1) is 12.0. The maximum absolute atomic E-state index is 10.5. The van der Waals surface area contributed by atoms with Crippen molar-refractivity contribution in [3.63, 3.8) is 0 Å². The van der Waals surface area contributed by atoms with Gasteiger partial charge in [0.1, 0.15) is 0 Å². The van der Waals surface area contributed by atoms with E-state index >= 15 is 0 Å². The van der Waals surface area contributed by atoms with Crippen molar-refractivity contribution < 1.29 is 56.2 Å². The number of halogens is 1. The Morgan fingerprint density at radius 3 is 2.09 bits per heavy atom. The maximum atomic E-state index is 10.5. The molecule has 1 aromatic rings. The molecule has 0 saturated carbocycles. The van der Waals surface area contributed by atoms with Crippen LogP contribution in [0.2, 0.25) is 5.02 Å². The van der Waals surface area contributed by atoms with Crippen LogP contribution in [0.15, 0.2) is 24.3 Å². The monoisotopic (exact) mass is 210 g/mol. The van der Waals surface area contributed by atoms with Crippen molar-refractivity contribution in [1.29, 1.82) is 0 Å². The molecule has 0 spiro atoms. The summed E-state index contributed by atoms with van der Waals surface area (Å²) in [7, 11) is 0. The number of hydrogen-bond donors (Lipinski definition) is 0. The van der Waals surface area contributed by atoms with E-state index in [0.29, 0.717) is 10.6 Å². The smallest absolute Gasteiger partial charge is 0.737 e. The van der Waals surface area contributed by atoms with Gasteiger partial charge in [-0.2, -0.15) is 0 Å². The van der Waals surface area contributed by atoms with Crippen molar-refractivity contribution >= 4 is 29.3 Å². The fraction of sp³-hybridized carbons (Fsp3) is 0. The summed E-state index contributed by atoms with van der Waals surface area (Å²) in [5, 5.41) is 0.261. The molecule has 1 rings (SSSR count). The fourth-order valence-corrected chi connectivity index (χ4v) is 0.848. The van der Waals surface area contributed by atoms with Crippen LogP contribution in [0.25, 0.3) is 0 Å². The average molecular weight is 211 g/mol. The topological polar surface area (TPSA) is 17.1 Å². The van der Waals surface area contributed by atoms with E-state index in [2.05, 4.69) is 12.6 Å². The predicted molar refractivity (Wildman–Crippen MR) is 43.1 cm³/mol. The van der Waals surface area contributed by atoms with Crippen LogP contribution < -0.4 is 51.4 Å². The van der Waals surface area contributed by atoms with Crippen molar-refractivity contribution in [3.05, 3.63) is 34.9 Å². The summed E-state index contributed by atoms with van der Waals surface area (Å²) in [6.07, 6.45) is 0. The molecule has 0 bridgehead atoms. The minimum atomic E-state index is -0.350. The van der Waals surface area contributed by atoms with Gasteiger partial charge in [-0.1, -0.05) is 23.7 Å².